The minimum Gasteiger partial charge on any atom is -0.456 e. The Hall–Kier alpha value is -2.35. The predicted octanol–water partition coefficient (Wildman–Crippen LogP) is 3.05. The molecule has 2 nitrogen and oxygen atoms in total. The zero-order valence-electron chi connectivity index (χ0n) is 13.4. The van der Waals surface area contributed by atoms with Crippen LogP contribution < -0.4 is 10.3 Å². The van der Waals surface area contributed by atoms with E-state index >= 15 is 0 Å². The van der Waals surface area contributed by atoms with Gasteiger partial charge in [0.25, 0.3) is 0 Å². The third-order valence-electron chi connectivity index (χ3n) is 3.68. The van der Waals surface area contributed by atoms with E-state index in [0.29, 0.717) is 5.92 Å². The van der Waals surface area contributed by atoms with E-state index in [0.717, 1.165) is 34.2 Å². The third-order valence-corrected chi connectivity index (χ3v) is 3.68. The van der Waals surface area contributed by atoms with Gasteiger partial charge < -0.3 is 4.42 Å². The Morgan fingerprint density at radius 1 is 1.00 bits per heavy atom. The molecule has 0 unspecified atom stereocenters. The van der Waals surface area contributed by atoms with Gasteiger partial charge in [0.2, 0.25) is 5.36 Å². The third kappa shape index (κ3) is 3.11. The molecule has 0 radical (unpaired) electrons. The molecule has 1 heterocycles. The predicted molar refractivity (Wildman–Crippen MR) is 90.2 cm³/mol. The van der Waals surface area contributed by atoms with Crippen LogP contribution in [0.25, 0.3) is 22.3 Å². The van der Waals surface area contributed by atoms with E-state index in [2.05, 4.69) is 62.2 Å². The summed E-state index contributed by atoms with van der Waals surface area (Å²) in [6.07, 6.45) is 0. The molecule has 0 atom stereocenters. The number of aryl methyl sites for hydroxylation is 1. The minimum absolute atomic E-state index is 0.595. The summed E-state index contributed by atoms with van der Waals surface area (Å²) >= 11 is 0. The van der Waals surface area contributed by atoms with Crippen LogP contribution >= 0.6 is 0 Å². The smallest absolute Gasteiger partial charge is 0.213 e. The normalized spacial score (nSPS) is 12.3. The summed E-state index contributed by atoms with van der Waals surface area (Å²) in [7, 11) is 0. The Morgan fingerprint density at radius 2 is 1.77 bits per heavy atom. The van der Waals surface area contributed by atoms with Crippen molar-refractivity contribution in [3.8, 4) is 11.3 Å². The monoisotopic (exact) mass is 292 g/mol. The molecule has 0 fully saturated rings. The van der Waals surface area contributed by atoms with Crippen molar-refractivity contribution in [2.75, 3.05) is 6.54 Å². The van der Waals surface area contributed by atoms with E-state index in [-0.39, 0.29) is 0 Å². The molecule has 0 bridgehead atoms. The second-order valence-corrected chi connectivity index (χ2v) is 6.16. The summed E-state index contributed by atoms with van der Waals surface area (Å²) in [6, 6.07) is 18.7. The van der Waals surface area contributed by atoms with Crippen molar-refractivity contribution in [1.29, 1.82) is 0 Å². The number of hydrogen-bond acceptors (Lipinski definition) is 1. The van der Waals surface area contributed by atoms with Gasteiger partial charge in [0.1, 0.15) is 17.9 Å². The Morgan fingerprint density at radius 3 is 2.50 bits per heavy atom. The first-order valence-electron chi connectivity index (χ1n) is 7.80. The topological polar surface area (TPSA) is 27.1 Å². The van der Waals surface area contributed by atoms with E-state index < -0.39 is 0 Å². The highest BCUT2D eigenvalue weighted by Crippen LogP contribution is 2.21. The summed E-state index contributed by atoms with van der Waals surface area (Å²) < 4.78 is 6.11. The molecule has 0 spiro atoms. The number of fused-ring (bicyclic) bond motifs is 1. The van der Waals surface area contributed by atoms with E-state index in [4.69, 9.17) is 4.42 Å². The molecule has 3 rings (SSSR count). The van der Waals surface area contributed by atoms with Crippen LogP contribution in [0, 0.1) is 12.8 Å². The van der Waals surface area contributed by atoms with Gasteiger partial charge in [-0.3, -0.25) is 0 Å². The molecule has 2 heteroatoms. The Balaban J connectivity index is 2.25. The van der Waals surface area contributed by atoms with E-state index in [9.17, 15) is 0 Å². The van der Waals surface area contributed by atoms with Gasteiger partial charge in [-0.25, -0.2) is 4.99 Å². The van der Waals surface area contributed by atoms with Crippen LogP contribution in [0.5, 0.6) is 0 Å². The second kappa shape index (κ2) is 6.18. The van der Waals surface area contributed by atoms with Crippen molar-refractivity contribution in [3.63, 3.8) is 0 Å². The lowest BCUT2D eigenvalue weighted by Gasteiger charge is -2.04. The molecule has 1 N–H and O–H groups in total. The first-order chi connectivity index (χ1) is 10.6. The quantitative estimate of drug-likeness (QED) is 0.789. The fourth-order valence-electron chi connectivity index (χ4n) is 2.51. The molecule has 1 aromatic heterocycles. The van der Waals surface area contributed by atoms with Gasteiger partial charge in [-0.15, -0.1) is 0 Å². The highest BCUT2D eigenvalue weighted by Gasteiger charge is 2.09. The molecule has 0 aliphatic rings. The molecule has 112 valence electrons. The van der Waals surface area contributed by atoms with Gasteiger partial charge in [-0.1, -0.05) is 55.8 Å². The fraction of sp³-hybridized carbons (Fsp3) is 0.250. The number of nitrogens with one attached hydrogen (secondary N) is 1. The average molecular weight is 292 g/mol. The highest BCUT2D eigenvalue weighted by atomic mass is 16.3. The van der Waals surface area contributed by atoms with Gasteiger partial charge >= 0.3 is 0 Å². The van der Waals surface area contributed by atoms with Crippen LogP contribution in [0.3, 0.4) is 0 Å². The molecular weight excluding hydrogens is 270 g/mol. The molecule has 3 aromatic rings. The van der Waals surface area contributed by atoms with Crippen LogP contribution in [0.2, 0.25) is 0 Å². The van der Waals surface area contributed by atoms with Crippen molar-refractivity contribution >= 4 is 11.0 Å². The van der Waals surface area contributed by atoms with Gasteiger partial charge in [0.05, 0.1) is 11.5 Å². The van der Waals surface area contributed by atoms with Crippen molar-refractivity contribution < 1.29 is 9.41 Å². The summed E-state index contributed by atoms with van der Waals surface area (Å²) in [4.78, 5) is 3.56. The molecule has 0 amide bonds. The van der Waals surface area contributed by atoms with Gasteiger partial charge in [0, 0.05) is 11.5 Å². The maximum Gasteiger partial charge on any atom is 0.213 e. The Bertz CT molecular complexity index is 844. The van der Waals surface area contributed by atoms with Crippen LogP contribution in [-0.2, 0) is 0 Å². The molecule has 0 saturated carbocycles. The summed E-state index contributed by atoms with van der Waals surface area (Å²) in [5.74, 6) is 1.49. The van der Waals surface area contributed by atoms with Gasteiger partial charge in [-0.2, -0.15) is 0 Å². The zero-order valence-corrected chi connectivity index (χ0v) is 13.4. The standard InChI is InChI=1S/C20H21NO/c1-14(2)13-21-18-12-20(16-7-5-4-6-8-16)22-19-10-9-15(3)11-17(18)19/h4-12,14H,13H2,1-3H3/p+1. The molecule has 0 aliphatic carbocycles. The second-order valence-electron chi connectivity index (χ2n) is 6.16. The lowest BCUT2D eigenvalue weighted by Crippen LogP contribution is -2.77. The van der Waals surface area contributed by atoms with E-state index in [1.807, 2.05) is 18.2 Å². The zero-order chi connectivity index (χ0) is 15.5. The van der Waals surface area contributed by atoms with Gasteiger partial charge in [0.15, 0.2) is 0 Å². The summed E-state index contributed by atoms with van der Waals surface area (Å²) in [5.41, 5.74) is 3.25. The van der Waals surface area contributed by atoms with Crippen LogP contribution in [0.4, 0.5) is 0 Å². The molecule has 2 aromatic carbocycles. The average Bonchev–Trinajstić information content (AvgIpc) is 2.53. The van der Waals surface area contributed by atoms with Crippen LogP contribution in [0.15, 0.2) is 59.0 Å². The molecule has 0 aliphatic heterocycles. The van der Waals surface area contributed by atoms with Crippen LogP contribution in [0.1, 0.15) is 19.4 Å². The minimum atomic E-state index is 0.595. The summed E-state index contributed by atoms with van der Waals surface area (Å²) in [5, 5.41) is 2.28. The Labute approximate surface area is 131 Å². The SMILES string of the molecule is Cc1ccc2oc(-c3ccccc3)cc(=[NH+]CC(C)C)c2c1. The Kier molecular flexibility index (Phi) is 4.10. The molecular formula is C20H22NO+. The van der Waals surface area contributed by atoms with Crippen molar-refractivity contribution in [1.82, 2.24) is 0 Å². The van der Waals surface area contributed by atoms with Crippen molar-refractivity contribution in [2.24, 2.45) is 5.92 Å². The van der Waals surface area contributed by atoms with Crippen molar-refractivity contribution in [2.45, 2.75) is 20.8 Å². The first kappa shape index (κ1) is 14.6. The van der Waals surface area contributed by atoms with Gasteiger partial charge in [-0.05, 0) is 19.1 Å². The number of benzene rings is 2. The number of hydrogen-bond donors (Lipinski definition) is 1. The lowest BCUT2D eigenvalue weighted by atomic mass is 10.1. The summed E-state index contributed by atoms with van der Waals surface area (Å²) in [6.45, 7) is 7.48. The maximum absolute atomic E-state index is 6.11. The lowest BCUT2D eigenvalue weighted by molar-refractivity contribution is -0.505. The first-order valence-corrected chi connectivity index (χ1v) is 7.80. The van der Waals surface area contributed by atoms with Crippen molar-refractivity contribution in [3.05, 3.63) is 65.5 Å². The van der Waals surface area contributed by atoms with Crippen LogP contribution in [-0.4, -0.2) is 6.54 Å². The number of rotatable bonds is 3. The molecule has 0 saturated heterocycles. The maximum atomic E-state index is 6.11. The van der Waals surface area contributed by atoms with E-state index in [1.165, 1.54) is 5.56 Å². The van der Waals surface area contributed by atoms with E-state index in [1.54, 1.807) is 0 Å². The largest absolute Gasteiger partial charge is 0.456 e. The fourth-order valence-corrected chi connectivity index (χ4v) is 2.51. The highest BCUT2D eigenvalue weighted by molar-refractivity contribution is 5.78. The molecule has 22 heavy (non-hydrogen) atoms.